The van der Waals surface area contributed by atoms with Gasteiger partial charge in [-0.15, -0.1) is 0 Å². The van der Waals surface area contributed by atoms with Gasteiger partial charge in [0.2, 0.25) is 0 Å². The van der Waals surface area contributed by atoms with Gasteiger partial charge < -0.3 is 9.84 Å². The van der Waals surface area contributed by atoms with Crippen LogP contribution in [0.1, 0.15) is 5.56 Å². The lowest BCUT2D eigenvalue weighted by Crippen LogP contribution is -2.21. The number of benzene rings is 2. The molecular formula is C17H15NO3. The van der Waals surface area contributed by atoms with Crippen LogP contribution in [0.2, 0.25) is 0 Å². The van der Waals surface area contributed by atoms with Gasteiger partial charge in [-0.1, -0.05) is 24.3 Å². The smallest absolute Gasteiger partial charge is 0.262 e. The average molecular weight is 281 g/mol. The fraction of sp³-hybridized carbons (Fsp3) is 0.118. The second kappa shape index (κ2) is 4.98. The molecule has 21 heavy (non-hydrogen) atoms. The topological polar surface area (TPSA) is 51.5 Å². The Morgan fingerprint density at radius 1 is 1.05 bits per heavy atom. The lowest BCUT2D eigenvalue weighted by molar-refractivity contribution is 0.412. The molecule has 0 aliphatic carbocycles. The summed E-state index contributed by atoms with van der Waals surface area (Å²) in [6, 6.07) is 14.6. The number of para-hydroxylation sites is 3. The van der Waals surface area contributed by atoms with Gasteiger partial charge in [-0.2, -0.15) is 0 Å². The van der Waals surface area contributed by atoms with Gasteiger partial charge in [0.1, 0.15) is 11.5 Å². The number of methoxy groups -OCH3 is 1. The van der Waals surface area contributed by atoms with E-state index in [-0.39, 0.29) is 11.3 Å². The molecule has 1 N–H and O–H groups in total. The number of hydrogen-bond donors (Lipinski definition) is 1. The van der Waals surface area contributed by atoms with Gasteiger partial charge in [0.05, 0.1) is 23.9 Å². The van der Waals surface area contributed by atoms with E-state index in [2.05, 4.69) is 0 Å². The molecule has 1 aromatic heterocycles. The van der Waals surface area contributed by atoms with Gasteiger partial charge in [0, 0.05) is 5.39 Å². The molecule has 0 amide bonds. The van der Waals surface area contributed by atoms with E-state index in [1.54, 1.807) is 30.7 Å². The molecule has 3 rings (SSSR count). The number of aromatic nitrogens is 1. The minimum atomic E-state index is -0.254. The van der Waals surface area contributed by atoms with E-state index in [0.717, 1.165) is 0 Å². The number of ether oxygens (including phenoxy) is 1. The zero-order valence-corrected chi connectivity index (χ0v) is 11.8. The molecule has 4 heteroatoms. The quantitative estimate of drug-likeness (QED) is 0.785. The summed E-state index contributed by atoms with van der Waals surface area (Å²) in [6.07, 6.45) is 0. The molecule has 1 heterocycles. The van der Waals surface area contributed by atoms with Crippen molar-refractivity contribution in [2.75, 3.05) is 7.11 Å². The van der Waals surface area contributed by atoms with Gasteiger partial charge >= 0.3 is 0 Å². The highest BCUT2D eigenvalue weighted by Gasteiger charge is 2.16. The van der Waals surface area contributed by atoms with E-state index in [4.69, 9.17) is 4.74 Å². The molecule has 3 aromatic rings. The number of fused-ring (bicyclic) bond motifs is 1. The minimum absolute atomic E-state index is 0.0294. The Morgan fingerprint density at radius 2 is 1.71 bits per heavy atom. The van der Waals surface area contributed by atoms with Crippen LogP contribution in [0.25, 0.3) is 16.6 Å². The average Bonchev–Trinajstić information content (AvgIpc) is 2.53. The van der Waals surface area contributed by atoms with Crippen molar-refractivity contribution in [1.29, 1.82) is 0 Å². The first-order valence-corrected chi connectivity index (χ1v) is 6.62. The second-order valence-electron chi connectivity index (χ2n) is 4.80. The molecule has 4 nitrogen and oxygen atoms in total. The summed E-state index contributed by atoms with van der Waals surface area (Å²) in [7, 11) is 1.57. The normalized spacial score (nSPS) is 10.8. The molecular weight excluding hydrogens is 266 g/mol. The second-order valence-corrected chi connectivity index (χ2v) is 4.80. The Kier molecular flexibility index (Phi) is 3.14. The fourth-order valence-electron chi connectivity index (χ4n) is 2.50. The highest BCUT2D eigenvalue weighted by Crippen LogP contribution is 2.30. The molecule has 0 spiro atoms. The number of pyridine rings is 1. The van der Waals surface area contributed by atoms with E-state index < -0.39 is 0 Å². The van der Waals surface area contributed by atoms with Crippen molar-refractivity contribution in [3.05, 3.63) is 64.4 Å². The SMILES string of the molecule is COc1ccccc1-n1c(=O)c(C)c(O)c2ccccc21. The van der Waals surface area contributed by atoms with Gasteiger partial charge in [-0.05, 0) is 31.2 Å². The van der Waals surface area contributed by atoms with Crippen molar-refractivity contribution < 1.29 is 9.84 Å². The molecule has 106 valence electrons. The van der Waals surface area contributed by atoms with Crippen molar-refractivity contribution in [3.8, 4) is 17.2 Å². The number of rotatable bonds is 2. The van der Waals surface area contributed by atoms with Crippen LogP contribution in [0.3, 0.4) is 0 Å². The standard InChI is InChI=1S/C17H15NO3/c1-11-16(19)12-7-3-4-8-13(12)18(17(11)20)14-9-5-6-10-15(14)21-2/h3-10,19H,1-2H3. The van der Waals surface area contributed by atoms with Crippen LogP contribution >= 0.6 is 0 Å². The van der Waals surface area contributed by atoms with Crippen molar-refractivity contribution in [1.82, 2.24) is 4.57 Å². The summed E-state index contributed by atoms with van der Waals surface area (Å²) >= 11 is 0. The third-order valence-electron chi connectivity index (χ3n) is 3.61. The third kappa shape index (κ3) is 1.96. The lowest BCUT2D eigenvalue weighted by Gasteiger charge is -2.15. The molecule has 0 unspecified atom stereocenters. The maximum absolute atomic E-state index is 12.6. The molecule has 0 radical (unpaired) electrons. The summed E-state index contributed by atoms with van der Waals surface area (Å²) in [4.78, 5) is 12.6. The van der Waals surface area contributed by atoms with Crippen LogP contribution < -0.4 is 10.3 Å². The summed E-state index contributed by atoms with van der Waals surface area (Å²) in [5, 5.41) is 10.8. The molecule has 2 aromatic carbocycles. The number of hydrogen-bond acceptors (Lipinski definition) is 3. The minimum Gasteiger partial charge on any atom is -0.507 e. The first-order chi connectivity index (χ1) is 10.1. The zero-order chi connectivity index (χ0) is 15.0. The summed E-state index contributed by atoms with van der Waals surface area (Å²) < 4.78 is 6.92. The fourth-order valence-corrected chi connectivity index (χ4v) is 2.50. The number of aromatic hydroxyl groups is 1. The third-order valence-corrected chi connectivity index (χ3v) is 3.61. The van der Waals surface area contributed by atoms with Crippen LogP contribution in [-0.2, 0) is 0 Å². The molecule has 0 saturated heterocycles. The van der Waals surface area contributed by atoms with Crippen molar-refractivity contribution >= 4 is 10.9 Å². The first-order valence-electron chi connectivity index (χ1n) is 6.62. The van der Waals surface area contributed by atoms with Crippen molar-refractivity contribution in [2.45, 2.75) is 6.92 Å². The van der Waals surface area contributed by atoms with Crippen LogP contribution in [0.5, 0.6) is 11.5 Å². The Labute approximate surface area is 121 Å². The van der Waals surface area contributed by atoms with E-state index >= 15 is 0 Å². The molecule has 0 aliphatic rings. The Hall–Kier alpha value is -2.75. The largest absolute Gasteiger partial charge is 0.507 e. The summed E-state index contributed by atoms with van der Waals surface area (Å²) in [5.41, 5.74) is 1.37. The monoisotopic (exact) mass is 281 g/mol. The van der Waals surface area contributed by atoms with Crippen molar-refractivity contribution in [2.24, 2.45) is 0 Å². The summed E-state index contributed by atoms with van der Waals surface area (Å²) in [6.45, 7) is 1.62. The van der Waals surface area contributed by atoms with Crippen LogP contribution in [0, 0.1) is 6.92 Å². The van der Waals surface area contributed by atoms with Crippen LogP contribution in [0.4, 0.5) is 0 Å². The van der Waals surface area contributed by atoms with E-state index in [0.29, 0.717) is 27.9 Å². The zero-order valence-electron chi connectivity index (χ0n) is 11.8. The van der Waals surface area contributed by atoms with Gasteiger partial charge in [-0.3, -0.25) is 9.36 Å². The first kappa shape index (κ1) is 13.2. The predicted octanol–water partition coefficient (Wildman–Crippen LogP) is 3.01. The maximum Gasteiger partial charge on any atom is 0.262 e. The van der Waals surface area contributed by atoms with E-state index in [1.165, 1.54) is 0 Å². The Morgan fingerprint density at radius 3 is 2.48 bits per heavy atom. The molecule has 0 saturated carbocycles. The van der Waals surface area contributed by atoms with Crippen LogP contribution in [0.15, 0.2) is 53.3 Å². The van der Waals surface area contributed by atoms with Crippen LogP contribution in [-0.4, -0.2) is 16.8 Å². The highest BCUT2D eigenvalue weighted by molar-refractivity contribution is 5.87. The maximum atomic E-state index is 12.6. The van der Waals surface area contributed by atoms with E-state index in [1.807, 2.05) is 36.4 Å². The number of nitrogens with zero attached hydrogens (tertiary/aromatic N) is 1. The van der Waals surface area contributed by atoms with Crippen molar-refractivity contribution in [3.63, 3.8) is 0 Å². The molecule has 0 fully saturated rings. The predicted molar refractivity (Wildman–Crippen MR) is 82.5 cm³/mol. The van der Waals surface area contributed by atoms with Gasteiger partial charge in [0.25, 0.3) is 5.56 Å². The molecule has 0 bridgehead atoms. The van der Waals surface area contributed by atoms with Gasteiger partial charge in [-0.25, -0.2) is 0 Å². The Bertz CT molecular complexity index is 881. The summed E-state index contributed by atoms with van der Waals surface area (Å²) in [5.74, 6) is 0.636. The van der Waals surface area contributed by atoms with E-state index in [9.17, 15) is 9.90 Å². The molecule has 0 atom stereocenters. The molecule has 0 aliphatic heterocycles. The highest BCUT2D eigenvalue weighted by atomic mass is 16.5. The lowest BCUT2D eigenvalue weighted by atomic mass is 10.1. The Balaban J connectivity index is 2.51. The van der Waals surface area contributed by atoms with Gasteiger partial charge in [0.15, 0.2) is 0 Å².